The Labute approximate surface area is 107 Å². The van der Waals surface area contributed by atoms with Crippen molar-refractivity contribution < 1.29 is 0 Å². The number of rotatable bonds is 4. The fraction of sp³-hybridized carbons (Fsp3) is 0.769. The van der Waals surface area contributed by atoms with Gasteiger partial charge in [-0.05, 0) is 31.1 Å². The fourth-order valence-corrected chi connectivity index (χ4v) is 3.98. The van der Waals surface area contributed by atoms with Crippen molar-refractivity contribution in [2.75, 3.05) is 11.5 Å². The molecule has 2 aliphatic rings. The van der Waals surface area contributed by atoms with E-state index in [0.717, 1.165) is 6.54 Å². The van der Waals surface area contributed by atoms with Crippen LogP contribution >= 0.6 is 11.8 Å². The largest absolute Gasteiger partial charge is 0.307 e. The highest BCUT2D eigenvalue weighted by Gasteiger charge is 2.18. The van der Waals surface area contributed by atoms with Crippen molar-refractivity contribution in [1.82, 2.24) is 15.1 Å². The maximum Gasteiger partial charge on any atom is 0.0762 e. The number of thioether (sulfide) groups is 1. The minimum atomic E-state index is 0.672. The van der Waals surface area contributed by atoms with Crippen LogP contribution < -0.4 is 5.32 Å². The SMILES string of the molecule is c1cn(C2CCCC2)nc1CNC1CCSC1. The molecule has 1 saturated heterocycles. The Morgan fingerprint density at radius 1 is 1.35 bits per heavy atom. The Bertz CT molecular complexity index is 351. The summed E-state index contributed by atoms with van der Waals surface area (Å²) in [5.41, 5.74) is 1.20. The molecule has 1 N–H and O–H groups in total. The molecule has 0 spiro atoms. The third kappa shape index (κ3) is 2.86. The molecule has 3 rings (SSSR count). The van der Waals surface area contributed by atoms with Gasteiger partial charge in [0.05, 0.1) is 11.7 Å². The lowest BCUT2D eigenvalue weighted by Gasteiger charge is -2.10. The van der Waals surface area contributed by atoms with Gasteiger partial charge >= 0.3 is 0 Å². The van der Waals surface area contributed by atoms with Crippen LogP contribution in [0, 0.1) is 0 Å². The molecule has 1 aliphatic carbocycles. The zero-order valence-corrected chi connectivity index (χ0v) is 11.1. The molecule has 4 heteroatoms. The van der Waals surface area contributed by atoms with Gasteiger partial charge in [0.15, 0.2) is 0 Å². The second-order valence-corrected chi connectivity index (χ2v) is 6.32. The summed E-state index contributed by atoms with van der Waals surface area (Å²) in [6, 6.07) is 3.55. The van der Waals surface area contributed by atoms with Crippen molar-refractivity contribution in [3.63, 3.8) is 0 Å². The van der Waals surface area contributed by atoms with Crippen LogP contribution in [0.1, 0.15) is 43.8 Å². The molecular formula is C13H21N3S. The lowest BCUT2D eigenvalue weighted by molar-refractivity contribution is 0.458. The average molecular weight is 251 g/mol. The van der Waals surface area contributed by atoms with Crippen LogP contribution in [0.15, 0.2) is 12.3 Å². The molecule has 1 unspecified atom stereocenters. The topological polar surface area (TPSA) is 29.9 Å². The van der Waals surface area contributed by atoms with E-state index in [0.29, 0.717) is 12.1 Å². The highest BCUT2D eigenvalue weighted by Crippen LogP contribution is 2.28. The molecule has 0 aromatic carbocycles. The van der Waals surface area contributed by atoms with Crippen molar-refractivity contribution in [2.45, 2.75) is 50.7 Å². The maximum atomic E-state index is 4.70. The van der Waals surface area contributed by atoms with Gasteiger partial charge < -0.3 is 5.32 Å². The van der Waals surface area contributed by atoms with Crippen molar-refractivity contribution in [2.24, 2.45) is 0 Å². The quantitative estimate of drug-likeness (QED) is 0.892. The Kier molecular flexibility index (Phi) is 3.71. The van der Waals surface area contributed by atoms with Gasteiger partial charge in [-0.25, -0.2) is 0 Å². The van der Waals surface area contributed by atoms with Crippen LogP contribution in [-0.4, -0.2) is 27.3 Å². The van der Waals surface area contributed by atoms with Crippen LogP contribution in [0.3, 0.4) is 0 Å². The molecule has 0 bridgehead atoms. The number of nitrogens with one attached hydrogen (secondary N) is 1. The number of hydrogen-bond donors (Lipinski definition) is 1. The summed E-state index contributed by atoms with van der Waals surface area (Å²) in [5.74, 6) is 2.58. The van der Waals surface area contributed by atoms with E-state index in [1.165, 1.54) is 49.3 Å². The second kappa shape index (κ2) is 5.44. The fourth-order valence-electron chi connectivity index (χ4n) is 2.79. The van der Waals surface area contributed by atoms with Crippen molar-refractivity contribution >= 4 is 11.8 Å². The predicted octanol–water partition coefficient (Wildman–Crippen LogP) is 2.59. The zero-order valence-electron chi connectivity index (χ0n) is 10.3. The van der Waals surface area contributed by atoms with Gasteiger partial charge in [0.25, 0.3) is 0 Å². The van der Waals surface area contributed by atoms with Gasteiger partial charge in [0, 0.05) is 24.5 Å². The molecule has 2 heterocycles. The molecule has 17 heavy (non-hydrogen) atoms. The smallest absolute Gasteiger partial charge is 0.0762 e. The average Bonchev–Trinajstić information content (AvgIpc) is 3.09. The van der Waals surface area contributed by atoms with E-state index in [1.807, 2.05) is 0 Å². The van der Waals surface area contributed by atoms with Gasteiger partial charge in [-0.1, -0.05) is 12.8 Å². The summed E-state index contributed by atoms with van der Waals surface area (Å²) in [4.78, 5) is 0. The first-order chi connectivity index (χ1) is 8.42. The van der Waals surface area contributed by atoms with E-state index in [2.05, 4.69) is 34.0 Å². The lowest BCUT2D eigenvalue weighted by Crippen LogP contribution is -2.28. The highest BCUT2D eigenvalue weighted by atomic mass is 32.2. The molecule has 1 saturated carbocycles. The molecule has 2 fully saturated rings. The van der Waals surface area contributed by atoms with E-state index in [9.17, 15) is 0 Å². The first-order valence-corrected chi connectivity index (χ1v) is 7.92. The first kappa shape index (κ1) is 11.6. The summed E-state index contributed by atoms with van der Waals surface area (Å²) in [6.45, 7) is 0.935. The van der Waals surface area contributed by atoms with E-state index >= 15 is 0 Å². The van der Waals surface area contributed by atoms with Gasteiger partial charge in [0.2, 0.25) is 0 Å². The Morgan fingerprint density at radius 2 is 2.24 bits per heavy atom. The van der Waals surface area contributed by atoms with Crippen molar-refractivity contribution in [3.8, 4) is 0 Å². The third-order valence-corrected chi connectivity index (χ3v) is 5.03. The summed E-state index contributed by atoms with van der Waals surface area (Å²) in [5, 5.41) is 8.31. The summed E-state index contributed by atoms with van der Waals surface area (Å²) in [7, 11) is 0. The number of aromatic nitrogens is 2. The van der Waals surface area contributed by atoms with Crippen LogP contribution in [0.5, 0.6) is 0 Å². The van der Waals surface area contributed by atoms with Crippen molar-refractivity contribution in [1.29, 1.82) is 0 Å². The molecular weight excluding hydrogens is 230 g/mol. The normalized spacial score (nSPS) is 25.8. The predicted molar refractivity (Wildman–Crippen MR) is 72.3 cm³/mol. The zero-order chi connectivity index (χ0) is 11.5. The van der Waals surface area contributed by atoms with Crippen molar-refractivity contribution in [3.05, 3.63) is 18.0 Å². The van der Waals surface area contributed by atoms with Gasteiger partial charge in [-0.3, -0.25) is 4.68 Å². The molecule has 1 atom stereocenters. The number of nitrogens with zero attached hydrogens (tertiary/aromatic N) is 2. The molecule has 0 radical (unpaired) electrons. The van der Waals surface area contributed by atoms with Crippen LogP contribution in [0.25, 0.3) is 0 Å². The van der Waals surface area contributed by atoms with E-state index in [-0.39, 0.29) is 0 Å². The third-order valence-electron chi connectivity index (χ3n) is 3.86. The Morgan fingerprint density at radius 3 is 3.00 bits per heavy atom. The van der Waals surface area contributed by atoms with E-state index < -0.39 is 0 Å². The molecule has 3 nitrogen and oxygen atoms in total. The Hall–Kier alpha value is -0.480. The molecule has 0 amide bonds. The summed E-state index contributed by atoms with van der Waals surface area (Å²) >= 11 is 2.05. The van der Waals surface area contributed by atoms with E-state index in [4.69, 9.17) is 5.10 Å². The Balaban J connectivity index is 1.52. The van der Waals surface area contributed by atoms with Crippen LogP contribution in [0.2, 0.25) is 0 Å². The monoisotopic (exact) mass is 251 g/mol. The van der Waals surface area contributed by atoms with Crippen LogP contribution in [0.4, 0.5) is 0 Å². The molecule has 1 aromatic rings. The van der Waals surface area contributed by atoms with Crippen LogP contribution in [-0.2, 0) is 6.54 Å². The summed E-state index contributed by atoms with van der Waals surface area (Å²) < 4.78 is 2.19. The number of hydrogen-bond acceptors (Lipinski definition) is 3. The molecule has 1 aromatic heterocycles. The standard InChI is InChI=1S/C13H21N3S/c1-2-4-13(3-1)16-7-5-11(15-16)9-14-12-6-8-17-10-12/h5,7,12-14H,1-4,6,8-10H2. The maximum absolute atomic E-state index is 4.70. The molecule has 94 valence electrons. The highest BCUT2D eigenvalue weighted by molar-refractivity contribution is 7.99. The second-order valence-electron chi connectivity index (χ2n) is 5.17. The van der Waals surface area contributed by atoms with Gasteiger partial charge in [-0.2, -0.15) is 16.9 Å². The minimum absolute atomic E-state index is 0.672. The minimum Gasteiger partial charge on any atom is -0.307 e. The first-order valence-electron chi connectivity index (χ1n) is 6.77. The lowest BCUT2D eigenvalue weighted by atomic mass is 10.2. The van der Waals surface area contributed by atoms with Gasteiger partial charge in [-0.15, -0.1) is 0 Å². The summed E-state index contributed by atoms with van der Waals surface area (Å²) in [6.07, 6.45) is 8.85. The molecule has 1 aliphatic heterocycles. The van der Waals surface area contributed by atoms with Gasteiger partial charge in [0.1, 0.15) is 0 Å². The van der Waals surface area contributed by atoms with E-state index in [1.54, 1.807) is 0 Å².